The summed E-state index contributed by atoms with van der Waals surface area (Å²) in [6.07, 6.45) is 1.38. The summed E-state index contributed by atoms with van der Waals surface area (Å²) >= 11 is 0. The van der Waals surface area contributed by atoms with Crippen molar-refractivity contribution in [3.8, 4) is 17.2 Å². The monoisotopic (exact) mass is 490 g/mol. The summed E-state index contributed by atoms with van der Waals surface area (Å²) in [6.45, 7) is 0.00548. The van der Waals surface area contributed by atoms with Crippen LogP contribution < -0.4 is 30.3 Å². The van der Waals surface area contributed by atoms with E-state index in [-0.39, 0.29) is 19.1 Å². The van der Waals surface area contributed by atoms with Crippen LogP contribution in [0.3, 0.4) is 0 Å². The van der Waals surface area contributed by atoms with Crippen LogP contribution in [-0.4, -0.2) is 44.8 Å². The zero-order chi connectivity index (χ0) is 25.8. The molecule has 3 aromatic carbocycles. The van der Waals surface area contributed by atoms with Gasteiger partial charge >= 0.3 is 11.8 Å². The Morgan fingerprint density at radius 2 is 1.53 bits per heavy atom. The predicted octanol–water partition coefficient (Wildman–Crippen LogP) is 2.49. The number of carbonyl (C=O) groups excluding carboxylic acids is 3. The zero-order valence-corrected chi connectivity index (χ0v) is 19.8. The summed E-state index contributed by atoms with van der Waals surface area (Å²) in [7, 11) is 3.09. The largest absolute Gasteiger partial charge is 0.497 e. The molecular weight excluding hydrogens is 464 g/mol. The smallest absolute Gasteiger partial charge is 0.329 e. The molecule has 0 saturated carbocycles. The van der Waals surface area contributed by atoms with Gasteiger partial charge in [0.2, 0.25) is 0 Å². The van der Waals surface area contributed by atoms with E-state index in [0.717, 1.165) is 5.56 Å². The number of benzene rings is 3. The summed E-state index contributed by atoms with van der Waals surface area (Å²) in [5, 5.41) is 9.03. The number of nitrogens with zero attached hydrogens (tertiary/aromatic N) is 1. The molecule has 36 heavy (non-hydrogen) atoms. The van der Waals surface area contributed by atoms with Crippen LogP contribution in [0.15, 0.2) is 77.9 Å². The number of nitrogens with one attached hydrogen (secondary N) is 3. The molecule has 0 unspecified atom stereocenters. The molecule has 0 atom stereocenters. The third-order valence-electron chi connectivity index (χ3n) is 4.83. The second kappa shape index (κ2) is 13.1. The number of ether oxygens (including phenoxy) is 3. The SMILES string of the molecule is COc1ccc(CNC(=O)C(=O)N/N=C\c2ccc(OCC(=O)Nc3ccccc3OC)cc2)cc1. The van der Waals surface area contributed by atoms with Crippen LogP contribution in [0.4, 0.5) is 5.69 Å². The lowest BCUT2D eigenvalue weighted by atomic mass is 10.2. The second-order valence-electron chi connectivity index (χ2n) is 7.34. The first-order valence-electron chi connectivity index (χ1n) is 10.9. The van der Waals surface area contributed by atoms with Crippen LogP contribution in [0, 0.1) is 0 Å². The van der Waals surface area contributed by atoms with Crippen molar-refractivity contribution in [1.82, 2.24) is 10.7 Å². The minimum absolute atomic E-state index is 0.187. The van der Waals surface area contributed by atoms with Crippen molar-refractivity contribution < 1.29 is 28.6 Å². The molecule has 186 valence electrons. The van der Waals surface area contributed by atoms with E-state index in [1.165, 1.54) is 13.3 Å². The number of para-hydroxylation sites is 2. The normalized spacial score (nSPS) is 10.4. The second-order valence-corrected chi connectivity index (χ2v) is 7.34. The highest BCUT2D eigenvalue weighted by molar-refractivity contribution is 6.35. The molecule has 0 aliphatic carbocycles. The third kappa shape index (κ3) is 7.87. The van der Waals surface area contributed by atoms with Gasteiger partial charge in [-0.3, -0.25) is 14.4 Å². The number of rotatable bonds is 10. The lowest BCUT2D eigenvalue weighted by Crippen LogP contribution is -2.37. The van der Waals surface area contributed by atoms with E-state index < -0.39 is 11.8 Å². The van der Waals surface area contributed by atoms with E-state index in [9.17, 15) is 14.4 Å². The van der Waals surface area contributed by atoms with Gasteiger partial charge in [0.1, 0.15) is 17.2 Å². The minimum Gasteiger partial charge on any atom is -0.497 e. The number of methoxy groups -OCH3 is 2. The van der Waals surface area contributed by atoms with Crippen molar-refractivity contribution in [2.24, 2.45) is 5.10 Å². The first-order valence-corrected chi connectivity index (χ1v) is 10.9. The Kier molecular flexibility index (Phi) is 9.40. The summed E-state index contributed by atoms with van der Waals surface area (Å²) in [5.41, 5.74) is 4.20. The maximum absolute atomic E-state index is 12.1. The average Bonchev–Trinajstić information content (AvgIpc) is 2.91. The van der Waals surface area contributed by atoms with Gasteiger partial charge in [0.05, 0.1) is 26.1 Å². The van der Waals surface area contributed by atoms with Gasteiger partial charge in [-0.2, -0.15) is 5.10 Å². The van der Waals surface area contributed by atoms with E-state index in [4.69, 9.17) is 14.2 Å². The highest BCUT2D eigenvalue weighted by Gasteiger charge is 2.12. The Morgan fingerprint density at radius 3 is 2.22 bits per heavy atom. The topological polar surface area (TPSA) is 127 Å². The molecule has 0 heterocycles. The third-order valence-corrected chi connectivity index (χ3v) is 4.83. The number of hydrazone groups is 1. The van der Waals surface area contributed by atoms with Crippen LogP contribution in [0.1, 0.15) is 11.1 Å². The van der Waals surface area contributed by atoms with Crippen LogP contribution in [0.5, 0.6) is 17.2 Å². The molecule has 0 radical (unpaired) electrons. The molecule has 10 nitrogen and oxygen atoms in total. The molecule has 3 amide bonds. The summed E-state index contributed by atoms with van der Waals surface area (Å²) in [6, 6.07) is 20.9. The molecule has 0 fully saturated rings. The van der Waals surface area contributed by atoms with Gasteiger partial charge in [-0.05, 0) is 59.7 Å². The molecule has 0 spiro atoms. The van der Waals surface area contributed by atoms with Crippen molar-refractivity contribution in [2.75, 3.05) is 26.1 Å². The molecule has 3 rings (SSSR count). The molecule has 0 aliphatic rings. The Bertz CT molecular complexity index is 1210. The van der Waals surface area contributed by atoms with E-state index in [2.05, 4.69) is 21.2 Å². The van der Waals surface area contributed by atoms with Crippen molar-refractivity contribution in [3.05, 3.63) is 83.9 Å². The van der Waals surface area contributed by atoms with Gasteiger partial charge in [-0.1, -0.05) is 24.3 Å². The highest BCUT2D eigenvalue weighted by Crippen LogP contribution is 2.23. The lowest BCUT2D eigenvalue weighted by Gasteiger charge is -2.10. The number of hydrogen-bond donors (Lipinski definition) is 3. The van der Waals surface area contributed by atoms with E-state index in [1.54, 1.807) is 79.9 Å². The zero-order valence-electron chi connectivity index (χ0n) is 19.8. The van der Waals surface area contributed by atoms with Crippen molar-refractivity contribution in [2.45, 2.75) is 6.54 Å². The molecule has 3 N–H and O–H groups in total. The molecule has 0 aromatic heterocycles. The van der Waals surface area contributed by atoms with E-state index in [0.29, 0.717) is 28.5 Å². The quantitative estimate of drug-likeness (QED) is 0.228. The summed E-state index contributed by atoms with van der Waals surface area (Å²) < 4.78 is 15.8. The Balaban J connectivity index is 1.40. The Morgan fingerprint density at radius 1 is 0.833 bits per heavy atom. The predicted molar refractivity (Wildman–Crippen MR) is 134 cm³/mol. The fraction of sp³-hybridized carbons (Fsp3) is 0.154. The van der Waals surface area contributed by atoms with Crippen molar-refractivity contribution >= 4 is 29.6 Å². The standard InChI is InChI=1S/C26H26N4O6/c1-34-20-11-7-18(8-12-20)15-27-25(32)26(33)30-28-16-19-9-13-21(14-10-19)36-17-24(31)29-22-5-3-4-6-23(22)35-2/h3-14,16H,15,17H2,1-2H3,(H,27,32)(H,29,31)(H,30,33)/b28-16-. The average molecular weight is 491 g/mol. The number of carbonyl (C=O) groups is 3. The summed E-state index contributed by atoms with van der Waals surface area (Å²) in [4.78, 5) is 36.0. The van der Waals surface area contributed by atoms with Crippen LogP contribution >= 0.6 is 0 Å². The van der Waals surface area contributed by atoms with Crippen molar-refractivity contribution in [1.29, 1.82) is 0 Å². The fourth-order valence-electron chi connectivity index (χ4n) is 2.96. The molecule has 10 heteroatoms. The van der Waals surface area contributed by atoms with Crippen molar-refractivity contribution in [3.63, 3.8) is 0 Å². The van der Waals surface area contributed by atoms with Crippen LogP contribution in [0.25, 0.3) is 0 Å². The van der Waals surface area contributed by atoms with Gasteiger partial charge in [0, 0.05) is 6.54 Å². The first kappa shape index (κ1) is 25.8. The Labute approximate surface area is 208 Å². The Hall–Kier alpha value is -4.86. The lowest BCUT2D eigenvalue weighted by molar-refractivity contribution is -0.139. The molecule has 3 aromatic rings. The number of amides is 3. The van der Waals surface area contributed by atoms with Gasteiger partial charge in [-0.15, -0.1) is 0 Å². The van der Waals surface area contributed by atoms with Crippen LogP contribution in [0.2, 0.25) is 0 Å². The van der Waals surface area contributed by atoms with E-state index >= 15 is 0 Å². The van der Waals surface area contributed by atoms with Gasteiger partial charge in [-0.25, -0.2) is 5.43 Å². The number of hydrogen-bond acceptors (Lipinski definition) is 7. The molecule has 0 aliphatic heterocycles. The highest BCUT2D eigenvalue weighted by atomic mass is 16.5. The van der Waals surface area contributed by atoms with Gasteiger partial charge < -0.3 is 24.8 Å². The summed E-state index contributed by atoms with van der Waals surface area (Å²) in [5.74, 6) is -0.302. The van der Waals surface area contributed by atoms with Gasteiger partial charge in [0.25, 0.3) is 5.91 Å². The maximum atomic E-state index is 12.1. The molecule has 0 saturated heterocycles. The fourth-order valence-corrected chi connectivity index (χ4v) is 2.96. The van der Waals surface area contributed by atoms with E-state index in [1.807, 2.05) is 0 Å². The molecule has 0 bridgehead atoms. The minimum atomic E-state index is -0.888. The van der Waals surface area contributed by atoms with Gasteiger partial charge in [0.15, 0.2) is 6.61 Å². The number of anilines is 1. The maximum Gasteiger partial charge on any atom is 0.329 e. The molecular formula is C26H26N4O6. The first-order chi connectivity index (χ1) is 17.5. The van der Waals surface area contributed by atoms with Crippen LogP contribution in [-0.2, 0) is 20.9 Å².